The van der Waals surface area contributed by atoms with Crippen LogP contribution in [0.25, 0.3) is 0 Å². The lowest BCUT2D eigenvalue weighted by molar-refractivity contribution is 0.0125. The molecule has 0 aromatic heterocycles. The quantitative estimate of drug-likeness (QED) is 0.841. The Kier molecular flexibility index (Phi) is 5.22. The normalized spacial score (nSPS) is 17.4. The van der Waals surface area contributed by atoms with Crippen LogP contribution in [0.2, 0.25) is 0 Å². The number of carbonyl (C=O) groups is 1. The first-order valence-electron chi connectivity index (χ1n) is 7.67. The number of hydrogen-bond donors (Lipinski definition) is 0. The van der Waals surface area contributed by atoms with Crippen LogP contribution in [0.5, 0.6) is 0 Å². The molecule has 2 rings (SSSR count). The Morgan fingerprint density at radius 2 is 1.78 bits per heavy atom. The zero-order chi connectivity index (χ0) is 17.0. The second-order valence-electron chi connectivity index (χ2n) is 6.59. The van der Waals surface area contributed by atoms with E-state index < -0.39 is 11.6 Å². The molecule has 1 fully saturated rings. The van der Waals surface area contributed by atoms with Crippen molar-refractivity contribution in [2.45, 2.75) is 32.4 Å². The molecule has 1 aromatic carbocycles. The summed E-state index contributed by atoms with van der Waals surface area (Å²) in [6.07, 6.45) is -0.326. The molecule has 1 unspecified atom stereocenters. The van der Waals surface area contributed by atoms with Crippen molar-refractivity contribution in [1.29, 1.82) is 5.26 Å². The molecule has 5 nitrogen and oxygen atoms in total. The zero-order valence-electron chi connectivity index (χ0n) is 13.8. The predicted molar refractivity (Wildman–Crippen MR) is 84.1 cm³/mol. The van der Waals surface area contributed by atoms with Crippen LogP contribution < -0.4 is 0 Å². The van der Waals surface area contributed by atoms with Crippen LogP contribution in [0.3, 0.4) is 0 Å². The molecule has 23 heavy (non-hydrogen) atoms. The highest BCUT2D eigenvalue weighted by Crippen LogP contribution is 2.22. The van der Waals surface area contributed by atoms with Gasteiger partial charge in [-0.05, 0) is 38.5 Å². The number of carbonyl (C=O) groups excluding carboxylic acids is 1. The van der Waals surface area contributed by atoms with Crippen LogP contribution >= 0.6 is 0 Å². The summed E-state index contributed by atoms with van der Waals surface area (Å²) < 4.78 is 18.4. The molecule has 6 heteroatoms. The minimum atomic E-state index is -0.516. The van der Waals surface area contributed by atoms with Gasteiger partial charge in [-0.25, -0.2) is 9.18 Å². The maximum atomic E-state index is 13.0. The summed E-state index contributed by atoms with van der Waals surface area (Å²) in [6, 6.07) is 7.80. The lowest BCUT2D eigenvalue weighted by atomic mass is 10.1. The molecular weight excluding hydrogens is 297 g/mol. The molecule has 0 bridgehead atoms. The average molecular weight is 319 g/mol. The third kappa shape index (κ3) is 4.67. The molecular formula is C17H22FN3O2. The summed E-state index contributed by atoms with van der Waals surface area (Å²) in [5.41, 5.74) is 0.247. The van der Waals surface area contributed by atoms with Gasteiger partial charge in [-0.1, -0.05) is 12.1 Å². The van der Waals surface area contributed by atoms with E-state index in [-0.39, 0.29) is 11.9 Å². The number of nitriles is 1. The Morgan fingerprint density at radius 3 is 2.26 bits per heavy atom. The molecule has 124 valence electrons. The van der Waals surface area contributed by atoms with Gasteiger partial charge < -0.3 is 9.64 Å². The summed E-state index contributed by atoms with van der Waals surface area (Å²) in [5, 5.41) is 9.44. The fraction of sp³-hybridized carbons (Fsp3) is 0.529. The van der Waals surface area contributed by atoms with Gasteiger partial charge in [0.25, 0.3) is 0 Å². The third-order valence-corrected chi connectivity index (χ3v) is 3.64. The molecule has 0 aliphatic carbocycles. The molecule has 1 amide bonds. The molecule has 0 saturated carbocycles. The Labute approximate surface area is 136 Å². The second kappa shape index (κ2) is 6.97. The van der Waals surface area contributed by atoms with Crippen LogP contribution in [0.4, 0.5) is 9.18 Å². The number of hydrogen-bond acceptors (Lipinski definition) is 4. The lowest BCUT2D eigenvalue weighted by Gasteiger charge is -2.37. The zero-order valence-corrected chi connectivity index (χ0v) is 13.8. The van der Waals surface area contributed by atoms with Crippen LogP contribution in [0.1, 0.15) is 32.4 Å². The summed E-state index contributed by atoms with van der Waals surface area (Å²) in [7, 11) is 0. The van der Waals surface area contributed by atoms with Crippen LogP contribution in [0.15, 0.2) is 24.3 Å². The maximum absolute atomic E-state index is 13.0. The van der Waals surface area contributed by atoms with Crippen molar-refractivity contribution in [2.24, 2.45) is 0 Å². The smallest absolute Gasteiger partial charge is 0.410 e. The molecule has 0 N–H and O–H groups in total. The summed E-state index contributed by atoms with van der Waals surface area (Å²) >= 11 is 0. The minimum Gasteiger partial charge on any atom is -0.444 e. The third-order valence-electron chi connectivity index (χ3n) is 3.64. The van der Waals surface area contributed by atoms with Crippen LogP contribution in [-0.2, 0) is 4.74 Å². The number of benzene rings is 1. The van der Waals surface area contributed by atoms with E-state index in [1.807, 2.05) is 25.7 Å². The first-order valence-corrected chi connectivity index (χ1v) is 7.67. The number of nitrogens with zero attached hydrogens (tertiary/aromatic N) is 3. The van der Waals surface area contributed by atoms with Gasteiger partial charge in [0.1, 0.15) is 17.5 Å². The van der Waals surface area contributed by atoms with Crippen LogP contribution in [0, 0.1) is 17.1 Å². The topological polar surface area (TPSA) is 56.6 Å². The average Bonchev–Trinajstić information content (AvgIpc) is 2.49. The van der Waals surface area contributed by atoms with Gasteiger partial charge in [0.2, 0.25) is 0 Å². The lowest BCUT2D eigenvalue weighted by Crippen LogP contribution is -2.50. The van der Waals surface area contributed by atoms with E-state index in [0.29, 0.717) is 26.2 Å². The molecule has 1 saturated heterocycles. The number of halogens is 1. The summed E-state index contributed by atoms with van der Waals surface area (Å²) in [4.78, 5) is 15.7. The highest BCUT2D eigenvalue weighted by molar-refractivity contribution is 5.68. The Balaban J connectivity index is 1.96. The van der Waals surface area contributed by atoms with Gasteiger partial charge in [-0.2, -0.15) is 5.26 Å². The van der Waals surface area contributed by atoms with E-state index in [0.717, 1.165) is 5.56 Å². The van der Waals surface area contributed by atoms with Crippen molar-refractivity contribution < 1.29 is 13.9 Å². The number of rotatable bonds is 2. The van der Waals surface area contributed by atoms with Crippen molar-refractivity contribution in [2.75, 3.05) is 26.2 Å². The standard InChI is InChI=1S/C17H22FN3O2/c1-17(2,3)23-16(22)21-10-8-20(9-11-21)15(12-19)13-4-6-14(18)7-5-13/h4-7,15H,8-11H2,1-3H3. The SMILES string of the molecule is CC(C)(C)OC(=O)N1CCN(C(C#N)c2ccc(F)cc2)CC1. The van der Waals surface area contributed by atoms with Gasteiger partial charge in [-0.15, -0.1) is 0 Å². The second-order valence-corrected chi connectivity index (χ2v) is 6.59. The van der Waals surface area contributed by atoms with E-state index in [9.17, 15) is 14.4 Å². The fourth-order valence-corrected chi connectivity index (χ4v) is 2.50. The number of amides is 1. The van der Waals surface area contributed by atoms with Crippen LogP contribution in [-0.4, -0.2) is 47.7 Å². The van der Waals surface area contributed by atoms with Crippen molar-refractivity contribution in [3.8, 4) is 6.07 Å². The van der Waals surface area contributed by atoms with E-state index in [2.05, 4.69) is 6.07 Å². The fourth-order valence-electron chi connectivity index (χ4n) is 2.50. The van der Waals surface area contributed by atoms with Gasteiger partial charge in [0.15, 0.2) is 0 Å². The number of ether oxygens (including phenoxy) is 1. The van der Waals surface area contributed by atoms with Crippen molar-refractivity contribution in [3.05, 3.63) is 35.6 Å². The van der Waals surface area contributed by atoms with Crippen molar-refractivity contribution in [1.82, 2.24) is 9.80 Å². The van der Waals surface area contributed by atoms with E-state index in [1.54, 1.807) is 17.0 Å². The Morgan fingerprint density at radius 1 is 1.22 bits per heavy atom. The summed E-state index contributed by atoms with van der Waals surface area (Å²) in [5.74, 6) is -0.319. The minimum absolute atomic E-state index is 0.319. The van der Waals surface area contributed by atoms with E-state index in [4.69, 9.17) is 4.74 Å². The first kappa shape index (κ1) is 17.2. The predicted octanol–water partition coefficient (Wildman–Crippen LogP) is 2.94. The highest BCUT2D eigenvalue weighted by atomic mass is 19.1. The highest BCUT2D eigenvalue weighted by Gasteiger charge is 2.29. The van der Waals surface area contributed by atoms with E-state index in [1.165, 1.54) is 12.1 Å². The van der Waals surface area contributed by atoms with Gasteiger partial charge in [0, 0.05) is 26.2 Å². The molecule has 1 aliphatic rings. The molecule has 1 atom stereocenters. The maximum Gasteiger partial charge on any atom is 0.410 e. The Bertz CT molecular complexity index is 581. The monoisotopic (exact) mass is 319 g/mol. The van der Waals surface area contributed by atoms with Gasteiger partial charge in [-0.3, -0.25) is 4.90 Å². The molecule has 1 aliphatic heterocycles. The molecule has 1 heterocycles. The van der Waals surface area contributed by atoms with Crippen molar-refractivity contribution in [3.63, 3.8) is 0 Å². The first-order chi connectivity index (χ1) is 10.8. The molecule has 0 spiro atoms. The summed E-state index contributed by atoms with van der Waals surface area (Å²) in [6.45, 7) is 7.68. The molecule has 0 radical (unpaired) electrons. The van der Waals surface area contributed by atoms with Crippen molar-refractivity contribution >= 4 is 6.09 Å². The van der Waals surface area contributed by atoms with Gasteiger partial charge >= 0.3 is 6.09 Å². The number of piperazine rings is 1. The largest absolute Gasteiger partial charge is 0.444 e. The van der Waals surface area contributed by atoms with E-state index >= 15 is 0 Å². The van der Waals surface area contributed by atoms with Gasteiger partial charge in [0.05, 0.1) is 6.07 Å². The Hall–Kier alpha value is -2.13. The molecule has 1 aromatic rings.